The number of rotatable bonds is 3. The molecule has 0 spiro atoms. The molecule has 3 fully saturated rings. The Morgan fingerprint density at radius 2 is 1.86 bits per heavy atom. The second-order valence-electron chi connectivity index (χ2n) is 6.68. The summed E-state index contributed by atoms with van der Waals surface area (Å²) in [5.74, 6) is 1.78. The summed E-state index contributed by atoms with van der Waals surface area (Å²) < 4.78 is 0. The molecule has 0 radical (unpaired) electrons. The molecule has 21 heavy (non-hydrogen) atoms. The second-order valence-corrected chi connectivity index (χ2v) is 6.68. The maximum absolute atomic E-state index is 4.60. The maximum atomic E-state index is 4.60. The van der Waals surface area contributed by atoms with Gasteiger partial charge in [0.1, 0.15) is 0 Å². The first-order valence-corrected chi connectivity index (χ1v) is 8.41. The summed E-state index contributed by atoms with van der Waals surface area (Å²) in [6, 6.07) is 0.728. The number of anilines is 1. The number of piperidine rings is 1. The third kappa shape index (κ3) is 2.77. The van der Waals surface area contributed by atoms with Gasteiger partial charge in [0.25, 0.3) is 0 Å². The van der Waals surface area contributed by atoms with Crippen LogP contribution >= 0.6 is 0 Å². The molecule has 0 amide bonds. The van der Waals surface area contributed by atoms with Crippen molar-refractivity contribution in [3.63, 3.8) is 0 Å². The highest BCUT2D eigenvalue weighted by molar-refractivity contribution is 5.30. The van der Waals surface area contributed by atoms with Crippen molar-refractivity contribution in [1.82, 2.24) is 20.2 Å². The number of aromatic nitrogens is 2. The van der Waals surface area contributed by atoms with Gasteiger partial charge in [0.05, 0.1) is 0 Å². The molecule has 5 nitrogen and oxygen atoms in total. The van der Waals surface area contributed by atoms with E-state index in [0.717, 1.165) is 44.1 Å². The summed E-state index contributed by atoms with van der Waals surface area (Å²) in [5.41, 5.74) is 1.25. The predicted molar refractivity (Wildman–Crippen MR) is 83.3 cm³/mol. The maximum Gasteiger partial charge on any atom is 0.225 e. The molecule has 4 heterocycles. The van der Waals surface area contributed by atoms with E-state index in [1.165, 1.54) is 44.3 Å². The Morgan fingerprint density at radius 1 is 1.05 bits per heavy atom. The second kappa shape index (κ2) is 5.89. The molecule has 3 aliphatic rings. The van der Waals surface area contributed by atoms with Gasteiger partial charge in [-0.15, -0.1) is 0 Å². The number of hydrogen-bond acceptors (Lipinski definition) is 5. The van der Waals surface area contributed by atoms with E-state index in [2.05, 4.69) is 25.1 Å². The van der Waals surface area contributed by atoms with Crippen LogP contribution in [0.4, 0.5) is 5.95 Å². The fraction of sp³-hybridized carbons (Fsp3) is 0.750. The highest BCUT2D eigenvalue weighted by Gasteiger charge is 2.37. The van der Waals surface area contributed by atoms with E-state index < -0.39 is 0 Å². The van der Waals surface area contributed by atoms with Crippen LogP contribution in [-0.4, -0.2) is 53.6 Å². The zero-order valence-corrected chi connectivity index (χ0v) is 12.7. The van der Waals surface area contributed by atoms with Gasteiger partial charge in [-0.05, 0) is 44.7 Å². The van der Waals surface area contributed by atoms with Crippen molar-refractivity contribution in [2.75, 3.05) is 37.6 Å². The summed E-state index contributed by atoms with van der Waals surface area (Å²) in [4.78, 5) is 14.1. The normalized spacial score (nSPS) is 29.8. The Kier molecular flexibility index (Phi) is 3.78. The molecule has 0 aromatic carbocycles. The van der Waals surface area contributed by atoms with Gasteiger partial charge in [0.15, 0.2) is 0 Å². The predicted octanol–water partition coefficient (Wildman–Crippen LogP) is 1.26. The first-order valence-electron chi connectivity index (χ1n) is 8.41. The largest absolute Gasteiger partial charge is 0.341 e. The Bertz CT molecular complexity index is 468. The van der Waals surface area contributed by atoms with Gasteiger partial charge < -0.3 is 10.2 Å². The Hall–Kier alpha value is -1.20. The minimum Gasteiger partial charge on any atom is -0.341 e. The lowest BCUT2D eigenvalue weighted by Crippen LogP contribution is -2.34. The molecule has 0 bridgehead atoms. The van der Waals surface area contributed by atoms with Crippen molar-refractivity contribution in [2.45, 2.75) is 38.3 Å². The molecule has 0 saturated carbocycles. The first kappa shape index (κ1) is 13.5. The Labute approximate surface area is 126 Å². The third-order valence-corrected chi connectivity index (χ3v) is 5.28. The van der Waals surface area contributed by atoms with Crippen molar-refractivity contribution in [1.29, 1.82) is 0 Å². The van der Waals surface area contributed by atoms with Crippen molar-refractivity contribution in [2.24, 2.45) is 5.92 Å². The molecule has 0 aliphatic carbocycles. The standard InChI is InChI=1S/C16H25N5/c1-2-5-20(6-3-1)16-18-8-13(9-19-16)12-21-7-4-14-10-17-11-15(14)21/h8-9,14-15,17H,1-7,10-12H2. The molecule has 114 valence electrons. The first-order chi connectivity index (χ1) is 10.4. The quantitative estimate of drug-likeness (QED) is 0.907. The van der Waals surface area contributed by atoms with Gasteiger partial charge in [-0.25, -0.2) is 9.97 Å². The van der Waals surface area contributed by atoms with Crippen LogP contribution in [0.15, 0.2) is 12.4 Å². The van der Waals surface area contributed by atoms with Crippen molar-refractivity contribution in [3.05, 3.63) is 18.0 Å². The average molecular weight is 287 g/mol. The zero-order valence-electron chi connectivity index (χ0n) is 12.7. The molecular formula is C16H25N5. The van der Waals surface area contributed by atoms with E-state index in [4.69, 9.17) is 0 Å². The average Bonchev–Trinajstić information content (AvgIpc) is 3.14. The van der Waals surface area contributed by atoms with Crippen LogP contribution < -0.4 is 10.2 Å². The highest BCUT2D eigenvalue weighted by Crippen LogP contribution is 2.28. The Balaban J connectivity index is 1.39. The van der Waals surface area contributed by atoms with Crippen LogP contribution in [0.5, 0.6) is 0 Å². The fourth-order valence-electron chi connectivity index (χ4n) is 4.06. The topological polar surface area (TPSA) is 44.3 Å². The number of nitrogens with one attached hydrogen (secondary N) is 1. The van der Waals surface area contributed by atoms with Crippen LogP contribution in [0.25, 0.3) is 0 Å². The number of fused-ring (bicyclic) bond motifs is 1. The molecule has 1 aromatic rings. The molecule has 2 unspecified atom stereocenters. The summed E-state index contributed by atoms with van der Waals surface area (Å²) in [5, 5.41) is 3.51. The van der Waals surface area contributed by atoms with Gasteiger partial charge in [-0.3, -0.25) is 4.90 Å². The van der Waals surface area contributed by atoms with Crippen LogP contribution in [0.1, 0.15) is 31.2 Å². The van der Waals surface area contributed by atoms with Crippen LogP contribution in [0.3, 0.4) is 0 Å². The summed E-state index contributed by atoms with van der Waals surface area (Å²) in [7, 11) is 0. The van der Waals surface area contributed by atoms with Gasteiger partial charge in [0.2, 0.25) is 5.95 Å². The van der Waals surface area contributed by atoms with Gasteiger partial charge in [-0.2, -0.15) is 0 Å². The Morgan fingerprint density at radius 3 is 2.67 bits per heavy atom. The molecule has 3 saturated heterocycles. The van der Waals surface area contributed by atoms with Crippen LogP contribution in [0, 0.1) is 5.92 Å². The minimum absolute atomic E-state index is 0.728. The summed E-state index contributed by atoms with van der Waals surface area (Å²) in [6.07, 6.45) is 9.30. The van der Waals surface area contributed by atoms with E-state index in [1.807, 2.05) is 12.4 Å². The van der Waals surface area contributed by atoms with Crippen molar-refractivity contribution >= 4 is 5.95 Å². The zero-order chi connectivity index (χ0) is 14.1. The van der Waals surface area contributed by atoms with E-state index in [0.29, 0.717) is 0 Å². The van der Waals surface area contributed by atoms with E-state index in [9.17, 15) is 0 Å². The van der Waals surface area contributed by atoms with Crippen LogP contribution in [0.2, 0.25) is 0 Å². The lowest BCUT2D eigenvalue weighted by atomic mass is 10.1. The monoisotopic (exact) mass is 287 g/mol. The lowest BCUT2D eigenvalue weighted by Gasteiger charge is -2.27. The highest BCUT2D eigenvalue weighted by atomic mass is 15.3. The molecule has 3 aliphatic heterocycles. The van der Waals surface area contributed by atoms with E-state index in [-0.39, 0.29) is 0 Å². The lowest BCUT2D eigenvalue weighted by molar-refractivity contribution is 0.243. The SMILES string of the molecule is c1nc(N2CCCCC2)ncc1CN1CCC2CNCC21. The summed E-state index contributed by atoms with van der Waals surface area (Å²) >= 11 is 0. The van der Waals surface area contributed by atoms with Crippen LogP contribution in [-0.2, 0) is 6.54 Å². The number of likely N-dealkylation sites (tertiary alicyclic amines) is 1. The molecular weight excluding hydrogens is 262 g/mol. The molecule has 1 N–H and O–H groups in total. The number of hydrogen-bond donors (Lipinski definition) is 1. The molecule has 1 aromatic heterocycles. The van der Waals surface area contributed by atoms with Gasteiger partial charge in [0, 0.05) is 50.2 Å². The third-order valence-electron chi connectivity index (χ3n) is 5.28. The smallest absolute Gasteiger partial charge is 0.225 e. The van der Waals surface area contributed by atoms with E-state index in [1.54, 1.807) is 0 Å². The fourth-order valence-corrected chi connectivity index (χ4v) is 4.06. The summed E-state index contributed by atoms with van der Waals surface area (Å²) in [6.45, 7) is 6.80. The van der Waals surface area contributed by atoms with Gasteiger partial charge >= 0.3 is 0 Å². The van der Waals surface area contributed by atoms with E-state index >= 15 is 0 Å². The molecule has 5 heteroatoms. The molecule has 2 atom stereocenters. The minimum atomic E-state index is 0.728. The van der Waals surface area contributed by atoms with Gasteiger partial charge in [-0.1, -0.05) is 0 Å². The van der Waals surface area contributed by atoms with Crippen molar-refractivity contribution in [3.8, 4) is 0 Å². The number of nitrogens with zero attached hydrogens (tertiary/aromatic N) is 4. The van der Waals surface area contributed by atoms with Crippen molar-refractivity contribution < 1.29 is 0 Å². The molecule has 4 rings (SSSR count).